The van der Waals surface area contributed by atoms with Crippen molar-refractivity contribution < 1.29 is 29.6 Å². The number of rotatable bonds is 3. The molecule has 0 saturated carbocycles. The third kappa shape index (κ3) is 3.82. The molecule has 31 heavy (non-hydrogen) atoms. The van der Waals surface area contributed by atoms with Gasteiger partial charge in [-0.3, -0.25) is 4.79 Å². The third-order valence-electron chi connectivity index (χ3n) is 5.99. The van der Waals surface area contributed by atoms with Crippen molar-refractivity contribution >= 4 is 5.78 Å². The number of aromatic hydroxyl groups is 1. The maximum Gasteiger partial charge on any atom is 0.170 e. The normalized spacial score (nSPS) is 23.8. The van der Waals surface area contributed by atoms with Crippen molar-refractivity contribution in [2.24, 2.45) is 0 Å². The molecular weight excluding hydrogens is 396 g/mol. The van der Waals surface area contributed by atoms with E-state index in [-0.39, 0.29) is 18.0 Å². The fourth-order valence-electron chi connectivity index (χ4n) is 4.11. The van der Waals surface area contributed by atoms with Crippen LogP contribution >= 0.6 is 0 Å². The van der Waals surface area contributed by atoms with Crippen LogP contribution in [0, 0.1) is 0 Å². The molecule has 0 bridgehead atoms. The summed E-state index contributed by atoms with van der Waals surface area (Å²) in [5, 5.41) is 31.4. The number of allylic oxidation sites excluding steroid dienone is 2. The topological polar surface area (TPSA) is 96.2 Å². The molecule has 4 rings (SSSR count). The zero-order valence-corrected chi connectivity index (χ0v) is 18.2. The third-order valence-corrected chi connectivity index (χ3v) is 5.99. The molecule has 0 aromatic heterocycles. The molecule has 0 saturated heterocycles. The first-order valence-electron chi connectivity index (χ1n) is 10.5. The van der Waals surface area contributed by atoms with Gasteiger partial charge in [-0.2, -0.15) is 0 Å². The van der Waals surface area contributed by atoms with Gasteiger partial charge in [-0.05, 0) is 63.9 Å². The Kier molecular flexibility index (Phi) is 5.31. The van der Waals surface area contributed by atoms with E-state index < -0.39 is 23.9 Å². The van der Waals surface area contributed by atoms with Gasteiger partial charge in [0.1, 0.15) is 41.2 Å². The molecule has 0 spiro atoms. The van der Waals surface area contributed by atoms with Gasteiger partial charge in [0.15, 0.2) is 5.78 Å². The number of fused-ring (bicyclic) bond motifs is 2. The quantitative estimate of drug-likeness (QED) is 0.640. The average molecular weight is 424 g/mol. The van der Waals surface area contributed by atoms with E-state index >= 15 is 0 Å². The Labute approximate surface area is 181 Å². The SMILES string of the molecule is CC(C)=CCc1c(O)ccc2c1O[C@H](c1ccc3c(c1)[C@H](O)[C@@H](O)C(C)(C)O3)CC2=O. The largest absolute Gasteiger partial charge is 0.508 e. The lowest BCUT2D eigenvalue weighted by atomic mass is 9.86. The van der Waals surface area contributed by atoms with E-state index in [9.17, 15) is 20.1 Å². The predicted octanol–water partition coefficient (Wildman–Crippen LogP) is 4.17. The molecule has 2 heterocycles. The smallest absolute Gasteiger partial charge is 0.170 e. The van der Waals surface area contributed by atoms with Crippen molar-refractivity contribution in [3.63, 3.8) is 0 Å². The molecule has 2 aliphatic rings. The standard InChI is InChI=1S/C25H28O6/c1-13(2)5-7-15-18(26)9-8-16-19(27)12-21(30-23(15)16)14-6-10-20-17(11-14)22(28)24(29)25(3,4)31-20/h5-6,8-11,21-22,24,26,28-29H,7,12H2,1-4H3/t21-,22-,24+/m0/s1. The second kappa shape index (κ2) is 7.70. The number of benzene rings is 2. The molecule has 0 aliphatic carbocycles. The van der Waals surface area contributed by atoms with Crippen molar-refractivity contribution in [3.05, 3.63) is 64.2 Å². The minimum atomic E-state index is -1.11. The predicted molar refractivity (Wildman–Crippen MR) is 116 cm³/mol. The molecule has 0 fully saturated rings. The number of carbonyl (C=O) groups is 1. The summed E-state index contributed by atoms with van der Waals surface area (Å²) in [6.45, 7) is 7.38. The van der Waals surface area contributed by atoms with Gasteiger partial charge in [-0.15, -0.1) is 0 Å². The summed E-state index contributed by atoms with van der Waals surface area (Å²) < 4.78 is 12.1. The van der Waals surface area contributed by atoms with E-state index in [1.54, 1.807) is 38.1 Å². The fraction of sp³-hybridized carbons (Fsp3) is 0.400. The molecule has 3 atom stereocenters. The summed E-state index contributed by atoms with van der Waals surface area (Å²) in [6.07, 6.45) is -0.196. The van der Waals surface area contributed by atoms with Crippen LogP contribution in [-0.4, -0.2) is 32.8 Å². The number of phenols is 1. The summed E-state index contributed by atoms with van der Waals surface area (Å²) >= 11 is 0. The molecule has 6 nitrogen and oxygen atoms in total. The minimum Gasteiger partial charge on any atom is -0.508 e. The van der Waals surface area contributed by atoms with Gasteiger partial charge in [-0.1, -0.05) is 17.7 Å². The molecule has 6 heteroatoms. The summed E-state index contributed by atoms with van der Waals surface area (Å²) in [5.41, 5.74) is 2.39. The van der Waals surface area contributed by atoms with E-state index in [4.69, 9.17) is 9.47 Å². The van der Waals surface area contributed by atoms with Crippen LogP contribution in [0.2, 0.25) is 0 Å². The Hall–Kier alpha value is -2.83. The van der Waals surface area contributed by atoms with Crippen LogP contribution in [0.1, 0.15) is 73.4 Å². The zero-order valence-electron chi connectivity index (χ0n) is 18.2. The molecule has 2 aliphatic heterocycles. The van der Waals surface area contributed by atoms with Crippen molar-refractivity contribution in [1.82, 2.24) is 0 Å². The van der Waals surface area contributed by atoms with Crippen LogP contribution in [0.25, 0.3) is 0 Å². The molecular formula is C25H28O6. The Balaban J connectivity index is 1.71. The molecule has 2 aromatic carbocycles. The molecule has 3 N–H and O–H groups in total. The lowest BCUT2D eigenvalue weighted by Gasteiger charge is -2.40. The lowest BCUT2D eigenvalue weighted by Crippen LogP contribution is -2.48. The van der Waals surface area contributed by atoms with E-state index in [1.807, 2.05) is 19.9 Å². The van der Waals surface area contributed by atoms with Gasteiger partial charge in [-0.25, -0.2) is 0 Å². The number of ketones is 1. The van der Waals surface area contributed by atoms with Gasteiger partial charge in [0.2, 0.25) is 0 Å². The van der Waals surface area contributed by atoms with Crippen molar-refractivity contribution in [2.45, 2.75) is 64.4 Å². The number of hydrogen-bond acceptors (Lipinski definition) is 6. The van der Waals surface area contributed by atoms with E-state index in [0.717, 1.165) is 5.57 Å². The van der Waals surface area contributed by atoms with Crippen LogP contribution in [0.3, 0.4) is 0 Å². The first kappa shape index (κ1) is 21.4. The highest BCUT2D eigenvalue weighted by Gasteiger charge is 2.42. The maximum atomic E-state index is 12.9. The highest BCUT2D eigenvalue weighted by Crippen LogP contribution is 2.44. The van der Waals surface area contributed by atoms with Crippen molar-refractivity contribution in [3.8, 4) is 17.2 Å². The van der Waals surface area contributed by atoms with Gasteiger partial charge >= 0.3 is 0 Å². The van der Waals surface area contributed by atoms with Crippen molar-refractivity contribution in [1.29, 1.82) is 0 Å². The summed E-state index contributed by atoms with van der Waals surface area (Å²) in [5.74, 6) is 0.912. The lowest BCUT2D eigenvalue weighted by molar-refractivity contribution is -0.111. The first-order chi connectivity index (χ1) is 14.6. The second-order valence-corrected chi connectivity index (χ2v) is 9.05. The average Bonchev–Trinajstić information content (AvgIpc) is 2.70. The van der Waals surface area contributed by atoms with E-state index in [0.29, 0.717) is 40.2 Å². The van der Waals surface area contributed by atoms with Gasteiger partial charge in [0.25, 0.3) is 0 Å². The summed E-state index contributed by atoms with van der Waals surface area (Å²) in [6, 6.07) is 8.39. The van der Waals surface area contributed by atoms with Crippen LogP contribution < -0.4 is 9.47 Å². The van der Waals surface area contributed by atoms with Crippen LogP contribution in [-0.2, 0) is 6.42 Å². The van der Waals surface area contributed by atoms with Gasteiger partial charge in [0.05, 0.1) is 12.0 Å². The monoisotopic (exact) mass is 424 g/mol. The fourth-order valence-corrected chi connectivity index (χ4v) is 4.11. The minimum absolute atomic E-state index is 0.0691. The Morgan fingerprint density at radius 3 is 2.65 bits per heavy atom. The number of ether oxygens (including phenoxy) is 2. The molecule has 2 aromatic rings. The van der Waals surface area contributed by atoms with Gasteiger partial charge in [0, 0.05) is 11.1 Å². The highest BCUT2D eigenvalue weighted by atomic mass is 16.5. The second-order valence-electron chi connectivity index (χ2n) is 9.05. The molecule has 0 amide bonds. The number of hydrogen-bond donors (Lipinski definition) is 3. The number of Topliss-reactive ketones (excluding diaryl/α,β-unsaturated/α-hetero) is 1. The van der Waals surface area contributed by atoms with Crippen molar-refractivity contribution in [2.75, 3.05) is 0 Å². The molecule has 164 valence electrons. The Morgan fingerprint density at radius 1 is 1.19 bits per heavy atom. The number of aliphatic hydroxyl groups is 2. The zero-order chi connectivity index (χ0) is 22.5. The molecule has 0 unspecified atom stereocenters. The highest BCUT2D eigenvalue weighted by molar-refractivity contribution is 6.00. The summed E-state index contributed by atoms with van der Waals surface area (Å²) in [7, 11) is 0. The van der Waals surface area contributed by atoms with E-state index in [2.05, 4.69) is 0 Å². The molecule has 0 radical (unpaired) electrons. The van der Waals surface area contributed by atoms with Gasteiger partial charge < -0.3 is 24.8 Å². The Bertz CT molecular complexity index is 1060. The van der Waals surface area contributed by atoms with Crippen LogP contribution in [0.4, 0.5) is 0 Å². The maximum absolute atomic E-state index is 12.9. The number of carbonyl (C=O) groups excluding carboxylic acids is 1. The Morgan fingerprint density at radius 2 is 1.94 bits per heavy atom. The van der Waals surface area contributed by atoms with Crippen LogP contribution in [0.15, 0.2) is 42.0 Å². The summed E-state index contributed by atoms with van der Waals surface area (Å²) in [4.78, 5) is 12.9. The van der Waals surface area contributed by atoms with Crippen LogP contribution in [0.5, 0.6) is 17.2 Å². The van der Waals surface area contributed by atoms with E-state index in [1.165, 1.54) is 6.07 Å². The first-order valence-corrected chi connectivity index (χ1v) is 10.5. The number of aliphatic hydroxyl groups excluding tert-OH is 2. The number of phenolic OH excluding ortho intramolecular Hbond substituents is 1.